The molecule has 0 bridgehead atoms. The molecule has 3 unspecified atom stereocenters. The summed E-state index contributed by atoms with van der Waals surface area (Å²) in [5.41, 5.74) is 0. The van der Waals surface area contributed by atoms with Gasteiger partial charge < -0.3 is 15.2 Å². The molecule has 2 fully saturated rings. The van der Waals surface area contributed by atoms with Crippen molar-refractivity contribution in [1.29, 1.82) is 0 Å². The predicted molar refractivity (Wildman–Crippen MR) is 81.9 cm³/mol. The molecule has 1 aliphatic heterocycles. The normalized spacial score (nSPS) is 30.3. The SMILES string of the molecule is CC1CCCC(CCNCC(O)CN2CCOCC2)C1. The van der Waals surface area contributed by atoms with Gasteiger partial charge in [0.1, 0.15) is 0 Å². The summed E-state index contributed by atoms with van der Waals surface area (Å²) in [5.74, 6) is 1.82. The number of ether oxygens (including phenoxy) is 1. The topological polar surface area (TPSA) is 44.7 Å². The molecule has 0 aromatic rings. The first-order chi connectivity index (χ1) is 9.74. The Hall–Kier alpha value is -0.160. The Bertz CT molecular complexity index is 257. The van der Waals surface area contributed by atoms with Gasteiger partial charge in [-0.2, -0.15) is 0 Å². The molecule has 4 heteroatoms. The highest BCUT2D eigenvalue weighted by atomic mass is 16.5. The molecule has 1 saturated heterocycles. The molecule has 118 valence electrons. The van der Waals surface area contributed by atoms with E-state index in [1.807, 2.05) is 0 Å². The number of β-amino-alcohol motifs (C(OH)–C–C–N with tert-alkyl or cyclic N) is 1. The standard InChI is InChI=1S/C16H32N2O2/c1-14-3-2-4-15(11-14)5-6-17-12-16(19)13-18-7-9-20-10-8-18/h14-17,19H,2-13H2,1H3. The van der Waals surface area contributed by atoms with Crippen LogP contribution in [0.4, 0.5) is 0 Å². The summed E-state index contributed by atoms with van der Waals surface area (Å²) in [5, 5.41) is 13.5. The molecule has 2 N–H and O–H groups in total. The first kappa shape index (κ1) is 16.2. The zero-order chi connectivity index (χ0) is 14.2. The van der Waals surface area contributed by atoms with Crippen LogP contribution >= 0.6 is 0 Å². The highest BCUT2D eigenvalue weighted by Crippen LogP contribution is 2.30. The lowest BCUT2D eigenvalue weighted by Crippen LogP contribution is -2.43. The Kier molecular flexibility index (Phi) is 7.28. The van der Waals surface area contributed by atoms with E-state index in [1.165, 1.54) is 32.1 Å². The number of aliphatic hydroxyl groups is 1. The third-order valence-corrected chi connectivity index (χ3v) is 4.73. The third-order valence-electron chi connectivity index (χ3n) is 4.73. The maximum absolute atomic E-state index is 10.0. The highest BCUT2D eigenvalue weighted by Gasteiger charge is 2.18. The van der Waals surface area contributed by atoms with E-state index >= 15 is 0 Å². The second kappa shape index (κ2) is 8.98. The highest BCUT2D eigenvalue weighted by molar-refractivity contribution is 4.73. The summed E-state index contributed by atoms with van der Waals surface area (Å²) in [4.78, 5) is 2.29. The van der Waals surface area contributed by atoms with E-state index in [0.717, 1.165) is 57.8 Å². The molecule has 0 aromatic heterocycles. The summed E-state index contributed by atoms with van der Waals surface area (Å²) in [6.45, 7) is 8.45. The zero-order valence-electron chi connectivity index (χ0n) is 13.0. The van der Waals surface area contributed by atoms with Crippen molar-refractivity contribution in [3.8, 4) is 0 Å². The van der Waals surface area contributed by atoms with Crippen molar-refractivity contribution >= 4 is 0 Å². The smallest absolute Gasteiger partial charge is 0.0791 e. The molecule has 1 heterocycles. The number of hydrogen-bond acceptors (Lipinski definition) is 4. The maximum Gasteiger partial charge on any atom is 0.0791 e. The van der Waals surface area contributed by atoms with Gasteiger partial charge in [0.05, 0.1) is 19.3 Å². The fourth-order valence-electron chi connectivity index (χ4n) is 3.54. The fourth-order valence-corrected chi connectivity index (χ4v) is 3.54. The lowest BCUT2D eigenvalue weighted by Gasteiger charge is -2.29. The van der Waals surface area contributed by atoms with Crippen LogP contribution < -0.4 is 5.32 Å². The average molecular weight is 284 g/mol. The largest absolute Gasteiger partial charge is 0.390 e. The lowest BCUT2D eigenvalue weighted by atomic mass is 9.81. The summed E-state index contributed by atoms with van der Waals surface area (Å²) < 4.78 is 5.32. The van der Waals surface area contributed by atoms with Gasteiger partial charge in [-0.15, -0.1) is 0 Å². The quantitative estimate of drug-likeness (QED) is 0.695. The van der Waals surface area contributed by atoms with Crippen LogP contribution in [0, 0.1) is 11.8 Å². The van der Waals surface area contributed by atoms with Crippen molar-refractivity contribution in [3.63, 3.8) is 0 Å². The molecule has 0 radical (unpaired) electrons. The molecule has 20 heavy (non-hydrogen) atoms. The Labute approximate surface area is 123 Å². The summed E-state index contributed by atoms with van der Waals surface area (Å²) >= 11 is 0. The molecule has 0 spiro atoms. The van der Waals surface area contributed by atoms with Gasteiger partial charge in [-0.3, -0.25) is 4.90 Å². The third kappa shape index (κ3) is 6.08. The number of rotatable bonds is 7. The molecule has 1 aliphatic carbocycles. The summed E-state index contributed by atoms with van der Waals surface area (Å²) in [6.07, 6.45) is 6.65. The molecular formula is C16H32N2O2. The molecule has 2 rings (SSSR count). The monoisotopic (exact) mass is 284 g/mol. The fraction of sp³-hybridized carbons (Fsp3) is 1.00. The van der Waals surface area contributed by atoms with Crippen LogP contribution in [0.5, 0.6) is 0 Å². The van der Waals surface area contributed by atoms with E-state index in [1.54, 1.807) is 0 Å². The van der Waals surface area contributed by atoms with Crippen molar-refractivity contribution < 1.29 is 9.84 Å². The summed E-state index contributed by atoms with van der Waals surface area (Å²) in [7, 11) is 0. The second-order valence-electron chi connectivity index (χ2n) is 6.70. The number of hydrogen-bond donors (Lipinski definition) is 2. The molecule has 3 atom stereocenters. The summed E-state index contributed by atoms with van der Waals surface area (Å²) in [6, 6.07) is 0. The maximum atomic E-state index is 10.0. The minimum Gasteiger partial charge on any atom is -0.390 e. The number of morpholine rings is 1. The lowest BCUT2D eigenvalue weighted by molar-refractivity contribution is 0.0149. The molecule has 4 nitrogen and oxygen atoms in total. The van der Waals surface area contributed by atoms with Crippen LogP contribution in [0.25, 0.3) is 0 Å². The number of aliphatic hydroxyl groups excluding tert-OH is 1. The minimum absolute atomic E-state index is 0.252. The first-order valence-corrected chi connectivity index (χ1v) is 8.43. The van der Waals surface area contributed by atoms with Gasteiger partial charge >= 0.3 is 0 Å². The predicted octanol–water partition coefficient (Wildman–Crippen LogP) is 1.49. The van der Waals surface area contributed by atoms with E-state index in [0.29, 0.717) is 0 Å². The van der Waals surface area contributed by atoms with Crippen LogP contribution in [-0.2, 0) is 4.74 Å². The number of nitrogens with one attached hydrogen (secondary N) is 1. The van der Waals surface area contributed by atoms with Crippen molar-refractivity contribution in [2.45, 2.75) is 45.1 Å². The Morgan fingerprint density at radius 1 is 1.30 bits per heavy atom. The van der Waals surface area contributed by atoms with Gasteiger partial charge in [-0.05, 0) is 31.2 Å². The van der Waals surface area contributed by atoms with Gasteiger partial charge in [0.15, 0.2) is 0 Å². The van der Waals surface area contributed by atoms with Crippen LogP contribution in [-0.4, -0.2) is 62.0 Å². The van der Waals surface area contributed by atoms with Crippen LogP contribution in [0.3, 0.4) is 0 Å². The van der Waals surface area contributed by atoms with Gasteiger partial charge in [-0.1, -0.05) is 26.2 Å². The molecule has 0 amide bonds. The Morgan fingerprint density at radius 2 is 2.10 bits per heavy atom. The number of nitrogens with zero attached hydrogens (tertiary/aromatic N) is 1. The van der Waals surface area contributed by atoms with E-state index in [2.05, 4.69) is 17.1 Å². The second-order valence-corrected chi connectivity index (χ2v) is 6.70. The van der Waals surface area contributed by atoms with Crippen molar-refractivity contribution in [2.75, 3.05) is 45.9 Å². The molecule has 1 saturated carbocycles. The van der Waals surface area contributed by atoms with Crippen LogP contribution in [0.15, 0.2) is 0 Å². The Morgan fingerprint density at radius 3 is 2.85 bits per heavy atom. The minimum atomic E-state index is -0.252. The molecule has 0 aromatic carbocycles. The van der Waals surface area contributed by atoms with Gasteiger partial charge in [0.25, 0.3) is 0 Å². The van der Waals surface area contributed by atoms with E-state index < -0.39 is 0 Å². The average Bonchev–Trinajstić information content (AvgIpc) is 2.45. The van der Waals surface area contributed by atoms with E-state index in [9.17, 15) is 5.11 Å². The zero-order valence-corrected chi connectivity index (χ0v) is 13.0. The van der Waals surface area contributed by atoms with Crippen molar-refractivity contribution in [2.24, 2.45) is 11.8 Å². The van der Waals surface area contributed by atoms with Gasteiger partial charge in [0, 0.05) is 26.2 Å². The molecular weight excluding hydrogens is 252 g/mol. The van der Waals surface area contributed by atoms with Crippen molar-refractivity contribution in [1.82, 2.24) is 10.2 Å². The van der Waals surface area contributed by atoms with Crippen LogP contribution in [0.2, 0.25) is 0 Å². The van der Waals surface area contributed by atoms with Gasteiger partial charge in [-0.25, -0.2) is 0 Å². The van der Waals surface area contributed by atoms with E-state index in [-0.39, 0.29) is 6.10 Å². The van der Waals surface area contributed by atoms with E-state index in [4.69, 9.17) is 4.74 Å². The van der Waals surface area contributed by atoms with Crippen molar-refractivity contribution in [3.05, 3.63) is 0 Å². The molecule has 2 aliphatic rings. The first-order valence-electron chi connectivity index (χ1n) is 8.43. The van der Waals surface area contributed by atoms with Gasteiger partial charge in [0.2, 0.25) is 0 Å². The Balaban J connectivity index is 1.49. The van der Waals surface area contributed by atoms with Crippen LogP contribution in [0.1, 0.15) is 39.0 Å².